The molecule has 9 heteroatoms. The fraction of sp³-hybridized carbons (Fsp3) is 0. The van der Waals surface area contributed by atoms with E-state index in [1.807, 2.05) is 0 Å². The SMILES string of the molecule is Oc1cc(Cl)c(Cl)cc1Oc1c(Cl)c(Cl)c(Cl)c(Cl)c1Cl. The van der Waals surface area contributed by atoms with Gasteiger partial charge >= 0.3 is 0 Å². The third-order valence-electron chi connectivity index (χ3n) is 2.38. The second kappa shape index (κ2) is 6.67. The average molecular weight is 427 g/mol. The van der Waals surface area contributed by atoms with Crippen molar-refractivity contribution >= 4 is 81.2 Å². The summed E-state index contributed by atoms with van der Waals surface area (Å²) in [7, 11) is 0. The lowest BCUT2D eigenvalue weighted by atomic mass is 10.3. The van der Waals surface area contributed by atoms with Gasteiger partial charge in [0, 0.05) is 12.1 Å². The molecule has 2 nitrogen and oxygen atoms in total. The van der Waals surface area contributed by atoms with E-state index in [4.69, 9.17) is 85.9 Å². The van der Waals surface area contributed by atoms with Crippen LogP contribution in [0, 0.1) is 0 Å². The predicted octanol–water partition coefficient (Wildman–Crippen LogP) is 7.76. The van der Waals surface area contributed by atoms with Crippen molar-refractivity contribution < 1.29 is 9.84 Å². The molecule has 0 fully saturated rings. The van der Waals surface area contributed by atoms with E-state index in [1.54, 1.807) is 0 Å². The van der Waals surface area contributed by atoms with Crippen LogP contribution in [0.1, 0.15) is 0 Å². The molecular formula is C12H3Cl7O2. The van der Waals surface area contributed by atoms with Gasteiger partial charge in [0.1, 0.15) is 10.0 Å². The summed E-state index contributed by atoms with van der Waals surface area (Å²) < 4.78 is 5.44. The largest absolute Gasteiger partial charge is 0.504 e. The van der Waals surface area contributed by atoms with Gasteiger partial charge < -0.3 is 9.84 Å². The Morgan fingerprint density at radius 2 is 1.10 bits per heavy atom. The quantitative estimate of drug-likeness (QED) is 0.392. The monoisotopic (exact) mass is 424 g/mol. The van der Waals surface area contributed by atoms with Gasteiger partial charge in [0.15, 0.2) is 17.2 Å². The highest BCUT2D eigenvalue weighted by molar-refractivity contribution is 6.55. The fourth-order valence-electron chi connectivity index (χ4n) is 1.38. The maximum Gasteiger partial charge on any atom is 0.170 e. The van der Waals surface area contributed by atoms with E-state index in [0.29, 0.717) is 0 Å². The minimum Gasteiger partial charge on any atom is -0.504 e. The van der Waals surface area contributed by atoms with Crippen LogP contribution in [0.15, 0.2) is 12.1 Å². The van der Waals surface area contributed by atoms with E-state index in [2.05, 4.69) is 0 Å². The maximum atomic E-state index is 9.81. The van der Waals surface area contributed by atoms with Crippen molar-refractivity contribution in [1.29, 1.82) is 0 Å². The fourth-order valence-corrected chi connectivity index (χ4v) is 2.89. The lowest BCUT2D eigenvalue weighted by Crippen LogP contribution is -1.90. The van der Waals surface area contributed by atoms with Gasteiger partial charge in [-0.3, -0.25) is 0 Å². The van der Waals surface area contributed by atoms with Crippen LogP contribution in [-0.2, 0) is 0 Å². The van der Waals surface area contributed by atoms with Crippen LogP contribution in [-0.4, -0.2) is 5.11 Å². The highest BCUT2D eigenvalue weighted by Gasteiger charge is 2.22. The van der Waals surface area contributed by atoms with Crippen molar-refractivity contribution in [1.82, 2.24) is 0 Å². The predicted molar refractivity (Wildman–Crippen MR) is 89.7 cm³/mol. The van der Waals surface area contributed by atoms with E-state index in [9.17, 15) is 5.11 Å². The van der Waals surface area contributed by atoms with E-state index >= 15 is 0 Å². The van der Waals surface area contributed by atoms with Crippen molar-refractivity contribution in [2.75, 3.05) is 0 Å². The Bertz CT molecular complexity index is 701. The van der Waals surface area contributed by atoms with Gasteiger partial charge in [0.2, 0.25) is 0 Å². The Hall–Kier alpha value is 0.0700. The smallest absolute Gasteiger partial charge is 0.170 e. The molecule has 0 saturated carbocycles. The molecule has 0 amide bonds. The Morgan fingerprint density at radius 3 is 1.62 bits per heavy atom. The van der Waals surface area contributed by atoms with Gasteiger partial charge in [-0.2, -0.15) is 0 Å². The third-order valence-corrected chi connectivity index (χ3v) is 5.35. The maximum absolute atomic E-state index is 9.81. The van der Waals surface area contributed by atoms with Crippen LogP contribution in [0.25, 0.3) is 0 Å². The van der Waals surface area contributed by atoms with Gasteiger partial charge in [0.25, 0.3) is 0 Å². The zero-order valence-corrected chi connectivity index (χ0v) is 14.9. The van der Waals surface area contributed by atoms with Crippen LogP contribution in [0.2, 0.25) is 35.2 Å². The summed E-state index contributed by atoms with van der Waals surface area (Å²) in [6, 6.07) is 2.50. The number of hydrogen-bond acceptors (Lipinski definition) is 2. The van der Waals surface area contributed by atoms with E-state index in [1.165, 1.54) is 12.1 Å². The molecule has 112 valence electrons. The molecule has 0 aliphatic heterocycles. The first-order valence-corrected chi connectivity index (χ1v) is 7.76. The number of benzene rings is 2. The van der Waals surface area contributed by atoms with Gasteiger partial charge in [0.05, 0.1) is 25.1 Å². The summed E-state index contributed by atoms with van der Waals surface area (Å²) in [5.74, 6) is -0.354. The van der Waals surface area contributed by atoms with Crippen molar-refractivity contribution in [3.05, 3.63) is 47.3 Å². The summed E-state index contributed by atoms with van der Waals surface area (Å²) in [4.78, 5) is 0. The molecular weight excluding hydrogens is 424 g/mol. The first kappa shape index (κ1) is 17.4. The molecule has 0 spiro atoms. The molecule has 0 unspecified atom stereocenters. The molecule has 0 aliphatic rings. The van der Waals surface area contributed by atoms with E-state index in [0.717, 1.165) is 0 Å². The minimum absolute atomic E-state index is 0.000885. The average Bonchev–Trinajstić information content (AvgIpc) is 2.44. The number of phenolic OH excluding ortho intramolecular Hbond substituents is 1. The molecule has 0 saturated heterocycles. The highest BCUT2D eigenvalue weighted by Crippen LogP contribution is 2.50. The van der Waals surface area contributed by atoms with E-state index in [-0.39, 0.29) is 52.4 Å². The molecule has 0 aliphatic carbocycles. The summed E-state index contributed by atoms with van der Waals surface area (Å²) in [6.07, 6.45) is 0. The van der Waals surface area contributed by atoms with E-state index < -0.39 is 0 Å². The molecule has 0 radical (unpaired) electrons. The molecule has 0 heterocycles. The van der Waals surface area contributed by atoms with Crippen LogP contribution < -0.4 is 4.74 Å². The van der Waals surface area contributed by atoms with Crippen molar-refractivity contribution in [2.24, 2.45) is 0 Å². The van der Waals surface area contributed by atoms with Crippen LogP contribution in [0.3, 0.4) is 0 Å². The number of phenols is 1. The second-order valence-corrected chi connectivity index (χ2v) is 6.44. The standard InChI is InChI=1S/C12H3Cl7O2/c13-3-1-5(20)6(2-4(3)14)21-12-10(18)8(16)7(15)9(17)11(12)19/h1-2,20H. The van der Waals surface area contributed by atoms with Gasteiger partial charge in [-0.25, -0.2) is 0 Å². The number of halogens is 7. The van der Waals surface area contributed by atoms with Crippen molar-refractivity contribution in [3.63, 3.8) is 0 Å². The van der Waals surface area contributed by atoms with Crippen LogP contribution in [0.5, 0.6) is 17.2 Å². The second-order valence-electron chi connectivity index (χ2n) is 3.74. The summed E-state index contributed by atoms with van der Waals surface area (Å²) in [5, 5.41) is 9.97. The molecule has 2 rings (SSSR count). The summed E-state index contributed by atoms with van der Waals surface area (Å²) in [6.45, 7) is 0. The van der Waals surface area contributed by atoms with Crippen LogP contribution in [0.4, 0.5) is 0 Å². The topological polar surface area (TPSA) is 29.5 Å². The Labute approximate surface area is 155 Å². The van der Waals surface area contributed by atoms with Crippen molar-refractivity contribution in [3.8, 4) is 17.2 Å². The zero-order valence-electron chi connectivity index (χ0n) is 9.66. The molecule has 0 aromatic heterocycles. The molecule has 2 aromatic carbocycles. The zero-order chi connectivity index (χ0) is 15.9. The van der Waals surface area contributed by atoms with Gasteiger partial charge in [-0.1, -0.05) is 81.2 Å². The molecule has 0 bridgehead atoms. The van der Waals surface area contributed by atoms with Crippen LogP contribution >= 0.6 is 81.2 Å². The Morgan fingerprint density at radius 1 is 0.667 bits per heavy atom. The minimum atomic E-state index is -0.265. The molecule has 0 atom stereocenters. The molecule has 21 heavy (non-hydrogen) atoms. The number of hydrogen-bond donors (Lipinski definition) is 1. The van der Waals surface area contributed by atoms with Gasteiger partial charge in [-0.05, 0) is 0 Å². The lowest BCUT2D eigenvalue weighted by Gasteiger charge is -2.14. The number of ether oxygens (including phenoxy) is 1. The van der Waals surface area contributed by atoms with Crippen molar-refractivity contribution in [2.45, 2.75) is 0 Å². The van der Waals surface area contributed by atoms with Gasteiger partial charge in [-0.15, -0.1) is 0 Å². The Kier molecular flexibility index (Phi) is 5.54. The first-order valence-electron chi connectivity index (χ1n) is 5.11. The normalized spacial score (nSPS) is 10.8. The summed E-state index contributed by atoms with van der Waals surface area (Å²) >= 11 is 41.4. The third kappa shape index (κ3) is 3.37. The number of rotatable bonds is 2. The lowest BCUT2D eigenvalue weighted by molar-refractivity contribution is 0.411. The summed E-state index contributed by atoms with van der Waals surface area (Å²) in [5.41, 5.74) is 0. The molecule has 1 N–H and O–H groups in total. The molecule has 2 aromatic rings. The number of aromatic hydroxyl groups is 1. The first-order chi connectivity index (χ1) is 9.73. The highest BCUT2D eigenvalue weighted by atomic mass is 35.5. The Balaban J connectivity index is 2.58.